The molecule has 1 fully saturated rings. The molecular formula is C19H26BrNO2S. The fraction of sp³-hybridized carbons (Fsp3) is 0.632. The van der Waals surface area contributed by atoms with Gasteiger partial charge in [-0.15, -0.1) is 0 Å². The molecule has 2 aliphatic carbocycles. The summed E-state index contributed by atoms with van der Waals surface area (Å²) in [6.45, 7) is 6.78. The summed E-state index contributed by atoms with van der Waals surface area (Å²) in [5.41, 5.74) is 3.64. The number of hydrogen-bond donors (Lipinski definition) is 0. The third-order valence-corrected chi connectivity index (χ3v) is 6.90. The molecule has 2 aliphatic rings. The van der Waals surface area contributed by atoms with E-state index >= 15 is 0 Å². The van der Waals surface area contributed by atoms with Gasteiger partial charge in [-0.2, -0.15) is 4.40 Å². The predicted molar refractivity (Wildman–Crippen MR) is 104 cm³/mol. The Balaban J connectivity index is 1.96. The molecule has 0 aliphatic heterocycles. The summed E-state index contributed by atoms with van der Waals surface area (Å²) in [4.78, 5) is 0. The molecule has 3 nitrogen and oxygen atoms in total. The molecule has 5 heteroatoms. The standard InChI is InChI=1S/C19H26BrNO2S/c1-4-23-16-7-9-19(10-8-16)12-14-5-6-15(20)11-17(14)18(19)21-24(22)13(2)3/h5-6,11,13,16H,4,7-10,12H2,1-3H3. The van der Waals surface area contributed by atoms with Crippen LogP contribution in [0.25, 0.3) is 0 Å². The topological polar surface area (TPSA) is 38.7 Å². The average Bonchev–Trinajstić information content (AvgIpc) is 2.83. The highest BCUT2D eigenvalue weighted by molar-refractivity contribution is 9.10. The van der Waals surface area contributed by atoms with Crippen LogP contribution in [0.5, 0.6) is 0 Å². The van der Waals surface area contributed by atoms with Gasteiger partial charge in [0.15, 0.2) is 0 Å². The molecule has 0 saturated heterocycles. The van der Waals surface area contributed by atoms with E-state index in [1.165, 1.54) is 11.1 Å². The zero-order valence-corrected chi connectivity index (χ0v) is 17.1. The molecule has 0 amide bonds. The van der Waals surface area contributed by atoms with E-state index in [0.29, 0.717) is 6.10 Å². The SMILES string of the molecule is CCOC1CCC2(CC1)Cc1ccc(Br)cc1C2=NS(=O)C(C)C. The van der Waals surface area contributed by atoms with Gasteiger partial charge in [0.05, 0.1) is 17.1 Å². The summed E-state index contributed by atoms with van der Waals surface area (Å²) in [5, 5.41) is 0.0468. The lowest BCUT2D eigenvalue weighted by molar-refractivity contribution is 0.0180. The quantitative estimate of drug-likeness (QED) is 0.711. The fourth-order valence-corrected chi connectivity index (χ4v) is 5.00. The van der Waals surface area contributed by atoms with Gasteiger partial charge >= 0.3 is 0 Å². The largest absolute Gasteiger partial charge is 0.379 e. The number of nitrogens with zero attached hydrogens (tertiary/aromatic N) is 1. The van der Waals surface area contributed by atoms with Crippen LogP contribution in [0.3, 0.4) is 0 Å². The third kappa shape index (κ3) is 3.54. The summed E-state index contributed by atoms with van der Waals surface area (Å²) < 4.78 is 24.1. The zero-order chi connectivity index (χ0) is 17.3. The molecular weight excluding hydrogens is 386 g/mol. The van der Waals surface area contributed by atoms with E-state index in [1.54, 1.807) is 0 Å². The molecule has 3 rings (SSSR count). The second-order valence-corrected chi connectivity index (χ2v) is 9.77. The first-order chi connectivity index (χ1) is 11.4. The maximum Gasteiger partial charge on any atom is 0.142 e. The molecule has 1 saturated carbocycles. The minimum absolute atomic E-state index is 0.0429. The number of benzene rings is 1. The number of ether oxygens (including phenoxy) is 1. The highest BCUT2D eigenvalue weighted by atomic mass is 79.9. The molecule has 0 N–H and O–H groups in total. The van der Waals surface area contributed by atoms with Crippen molar-refractivity contribution in [3.05, 3.63) is 33.8 Å². The van der Waals surface area contributed by atoms with Gasteiger partial charge in [-0.3, -0.25) is 0 Å². The fourth-order valence-electron chi connectivity index (χ4n) is 3.96. The first kappa shape index (κ1) is 18.3. The van der Waals surface area contributed by atoms with Crippen molar-refractivity contribution in [2.24, 2.45) is 9.81 Å². The summed E-state index contributed by atoms with van der Waals surface area (Å²) in [6, 6.07) is 6.44. The van der Waals surface area contributed by atoms with Crippen LogP contribution in [0.4, 0.5) is 0 Å². The number of halogens is 1. The Hall–Kier alpha value is -0.520. The summed E-state index contributed by atoms with van der Waals surface area (Å²) in [6.07, 6.45) is 5.65. The van der Waals surface area contributed by atoms with E-state index in [-0.39, 0.29) is 10.7 Å². The first-order valence-corrected chi connectivity index (χ1v) is 10.8. The van der Waals surface area contributed by atoms with Gasteiger partial charge in [-0.1, -0.05) is 22.0 Å². The number of fused-ring (bicyclic) bond motifs is 1. The van der Waals surface area contributed by atoms with Gasteiger partial charge < -0.3 is 4.74 Å². The van der Waals surface area contributed by atoms with Gasteiger partial charge in [-0.05, 0) is 70.6 Å². The average molecular weight is 412 g/mol. The van der Waals surface area contributed by atoms with E-state index < -0.39 is 11.0 Å². The van der Waals surface area contributed by atoms with Crippen molar-refractivity contribution in [2.45, 2.75) is 64.2 Å². The van der Waals surface area contributed by atoms with E-state index in [2.05, 4.69) is 41.1 Å². The van der Waals surface area contributed by atoms with Crippen LogP contribution in [0.2, 0.25) is 0 Å². The third-order valence-electron chi connectivity index (χ3n) is 5.23. The van der Waals surface area contributed by atoms with Crippen LogP contribution in [0.1, 0.15) is 57.6 Å². The second kappa shape index (κ2) is 7.38. The second-order valence-electron chi connectivity index (χ2n) is 7.18. The lowest BCUT2D eigenvalue weighted by Crippen LogP contribution is -2.36. The molecule has 1 spiro atoms. The van der Waals surface area contributed by atoms with E-state index in [9.17, 15) is 4.21 Å². The Morgan fingerprint density at radius 2 is 2.08 bits per heavy atom. The molecule has 0 radical (unpaired) electrons. The molecule has 1 unspecified atom stereocenters. The smallest absolute Gasteiger partial charge is 0.142 e. The minimum atomic E-state index is -1.17. The zero-order valence-electron chi connectivity index (χ0n) is 14.7. The maximum atomic E-state index is 12.5. The molecule has 0 heterocycles. The van der Waals surface area contributed by atoms with Gasteiger partial charge in [0, 0.05) is 22.1 Å². The van der Waals surface area contributed by atoms with Gasteiger partial charge in [0.1, 0.15) is 11.0 Å². The van der Waals surface area contributed by atoms with Crippen molar-refractivity contribution in [3.63, 3.8) is 0 Å². The van der Waals surface area contributed by atoms with Crippen LogP contribution in [-0.4, -0.2) is 27.9 Å². The molecule has 0 bridgehead atoms. The Morgan fingerprint density at radius 3 is 2.71 bits per heavy atom. The monoisotopic (exact) mass is 411 g/mol. The Morgan fingerprint density at radius 1 is 1.38 bits per heavy atom. The molecule has 1 atom stereocenters. The van der Waals surface area contributed by atoms with Gasteiger partial charge in [-0.25, -0.2) is 4.21 Å². The van der Waals surface area contributed by atoms with Crippen molar-refractivity contribution >= 4 is 32.6 Å². The van der Waals surface area contributed by atoms with Crippen molar-refractivity contribution in [3.8, 4) is 0 Å². The van der Waals surface area contributed by atoms with E-state index in [4.69, 9.17) is 9.13 Å². The van der Waals surface area contributed by atoms with Gasteiger partial charge in [0.25, 0.3) is 0 Å². The molecule has 24 heavy (non-hydrogen) atoms. The Bertz CT molecular complexity index is 663. The lowest BCUT2D eigenvalue weighted by atomic mass is 9.70. The van der Waals surface area contributed by atoms with Crippen molar-refractivity contribution < 1.29 is 8.95 Å². The van der Waals surface area contributed by atoms with Crippen molar-refractivity contribution in [2.75, 3.05) is 6.61 Å². The van der Waals surface area contributed by atoms with Crippen LogP contribution < -0.4 is 0 Å². The number of rotatable bonds is 4. The van der Waals surface area contributed by atoms with E-state index in [1.807, 2.05) is 13.8 Å². The highest BCUT2D eigenvalue weighted by Gasteiger charge is 2.46. The van der Waals surface area contributed by atoms with Crippen molar-refractivity contribution in [1.29, 1.82) is 0 Å². The van der Waals surface area contributed by atoms with Crippen molar-refractivity contribution in [1.82, 2.24) is 0 Å². The minimum Gasteiger partial charge on any atom is -0.379 e. The van der Waals surface area contributed by atoms with Gasteiger partial charge in [0.2, 0.25) is 0 Å². The van der Waals surface area contributed by atoms with Crippen LogP contribution >= 0.6 is 15.9 Å². The lowest BCUT2D eigenvalue weighted by Gasteiger charge is -2.37. The maximum absolute atomic E-state index is 12.5. The van der Waals surface area contributed by atoms with E-state index in [0.717, 1.165) is 48.9 Å². The Labute approximate surface area is 156 Å². The van der Waals surface area contributed by atoms with Crippen LogP contribution in [0, 0.1) is 5.41 Å². The van der Waals surface area contributed by atoms with Crippen LogP contribution in [0.15, 0.2) is 27.1 Å². The summed E-state index contributed by atoms with van der Waals surface area (Å²) >= 11 is 3.58. The highest BCUT2D eigenvalue weighted by Crippen LogP contribution is 2.48. The molecule has 0 aromatic heterocycles. The molecule has 1 aromatic carbocycles. The normalized spacial score (nSPS) is 29.4. The van der Waals surface area contributed by atoms with Crippen LogP contribution in [-0.2, 0) is 22.1 Å². The summed E-state index contributed by atoms with van der Waals surface area (Å²) in [7, 11) is -1.17. The number of hydrogen-bond acceptors (Lipinski definition) is 2. The predicted octanol–water partition coefficient (Wildman–Crippen LogP) is 4.83. The molecule has 132 valence electrons. The first-order valence-electron chi connectivity index (χ1n) is 8.85. The Kier molecular flexibility index (Phi) is 5.62. The summed E-state index contributed by atoms with van der Waals surface area (Å²) in [5.74, 6) is 0. The molecule has 1 aromatic rings.